The first-order valence-electron chi connectivity index (χ1n) is 10.5. The van der Waals surface area contributed by atoms with Crippen LogP contribution in [-0.2, 0) is 18.4 Å². The van der Waals surface area contributed by atoms with Gasteiger partial charge in [-0.05, 0) is 26.7 Å². The molecule has 9 heteroatoms. The van der Waals surface area contributed by atoms with E-state index in [1.807, 2.05) is 36.4 Å². The predicted molar refractivity (Wildman–Crippen MR) is 114 cm³/mol. The molecule has 1 N–H and O–H groups in total. The van der Waals surface area contributed by atoms with Gasteiger partial charge in [0, 0.05) is 52.9 Å². The van der Waals surface area contributed by atoms with Crippen LogP contribution in [0.25, 0.3) is 0 Å². The number of nitrogens with one attached hydrogen (secondary N) is 1. The molecule has 2 aliphatic rings. The Balaban J connectivity index is 1.59. The Labute approximate surface area is 173 Å². The zero-order valence-corrected chi connectivity index (χ0v) is 18.0. The molecule has 2 fully saturated rings. The summed E-state index contributed by atoms with van der Waals surface area (Å²) >= 11 is 0. The van der Waals surface area contributed by atoms with Crippen molar-refractivity contribution < 1.29 is 4.79 Å². The van der Waals surface area contributed by atoms with E-state index in [2.05, 4.69) is 31.9 Å². The standard InChI is InChI=1S/C20H34N8O/c1-5-8-21-20(22-15-18-24-23-17(3)25(18)4)28-13-11-26(12-14-28)16(2)19(29)27-9-6-7-10-27/h5,16H,1,6-15H2,2-4H3,(H,21,22). The molecule has 0 bridgehead atoms. The molecule has 0 spiro atoms. The summed E-state index contributed by atoms with van der Waals surface area (Å²) in [6.07, 6.45) is 4.09. The Morgan fingerprint density at radius 2 is 1.86 bits per heavy atom. The SMILES string of the molecule is C=CCNC(=NCc1nnc(C)n1C)N1CCN(C(C)C(=O)N2CCCC2)CC1. The van der Waals surface area contributed by atoms with Crippen molar-refractivity contribution in [2.75, 3.05) is 45.8 Å². The van der Waals surface area contributed by atoms with Crippen LogP contribution < -0.4 is 5.32 Å². The molecule has 9 nitrogen and oxygen atoms in total. The molecule has 1 amide bonds. The van der Waals surface area contributed by atoms with Crippen LogP contribution in [0.1, 0.15) is 31.4 Å². The fraction of sp³-hybridized carbons (Fsp3) is 0.700. The van der Waals surface area contributed by atoms with Gasteiger partial charge in [-0.1, -0.05) is 6.08 Å². The van der Waals surface area contributed by atoms with Gasteiger partial charge in [0.05, 0.1) is 6.04 Å². The number of aromatic nitrogens is 3. The van der Waals surface area contributed by atoms with Gasteiger partial charge in [0.25, 0.3) is 0 Å². The van der Waals surface area contributed by atoms with Crippen molar-refractivity contribution in [3.63, 3.8) is 0 Å². The van der Waals surface area contributed by atoms with Crippen LogP contribution >= 0.6 is 0 Å². The molecule has 1 unspecified atom stereocenters. The van der Waals surface area contributed by atoms with Crippen LogP contribution in [0.15, 0.2) is 17.6 Å². The number of rotatable bonds is 6. The summed E-state index contributed by atoms with van der Waals surface area (Å²) in [4.78, 5) is 24.0. The molecule has 3 rings (SSSR count). The summed E-state index contributed by atoms with van der Waals surface area (Å²) in [5.41, 5.74) is 0. The highest BCUT2D eigenvalue weighted by Crippen LogP contribution is 2.14. The van der Waals surface area contributed by atoms with E-state index in [-0.39, 0.29) is 11.9 Å². The summed E-state index contributed by atoms with van der Waals surface area (Å²) in [5.74, 6) is 2.83. The zero-order chi connectivity index (χ0) is 20.8. The second kappa shape index (κ2) is 9.87. The number of aryl methyl sites for hydroxylation is 1. The number of carbonyl (C=O) groups excluding carboxylic acids is 1. The fourth-order valence-corrected chi connectivity index (χ4v) is 3.84. The Hall–Kier alpha value is -2.42. The van der Waals surface area contributed by atoms with E-state index in [0.29, 0.717) is 13.1 Å². The van der Waals surface area contributed by atoms with E-state index >= 15 is 0 Å². The first kappa shape index (κ1) is 21.3. The average molecular weight is 403 g/mol. The number of hydrogen-bond acceptors (Lipinski definition) is 5. The highest BCUT2D eigenvalue weighted by atomic mass is 16.2. The van der Waals surface area contributed by atoms with Crippen LogP contribution in [0.5, 0.6) is 0 Å². The predicted octanol–water partition coefficient (Wildman–Crippen LogP) is 0.384. The molecular weight excluding hydrogens is 368 g/mol. The van der Waals surface area contributed by atoms with E-state index in [1.165, 1.54) is 0 Å². The molecule has 1 aromatic heterocycles. The Kier molecular flexibility index (Phi) is 7.24. The molecule has 0 aliphatic carbocycles. The first-order chi connectivity index (χ1) is 14.0. The van der Waals surface area contributed by atoms with E-state index in [0.717, 1.165) is 69.7 Å². The minimum atomic E-state index is -0.0570. The lowest BCUT2D eigenvalue weighted by molar-refractivity contribution is -0.135. The highest BCUT2D eigenvalue weighted by Gasteiger charge is 2.30. The van der Waals surface area contributed by atoms with Crippen molar-refractivity contribution in [1.82, 2.24) is 34.8 Å². The second-order valence-corrected chi connectivity index (χ2v) is 7.76. The number of aliphatic imine (C=N–C) groups is 1. The summed E-state index contributed by atoms with van der Waals surface area (Å²) in [7, 11) is 1.95. The summed E-state index contributed by atoms with van der Waals surface area (Å²) < 4.78 is 1.96. The number of piperazine rings is 1. The van der Waals surface area contributed by atoms with Gasteiger partial charge in [0.15, 0.2) is 11.8 Å². The van der Waals surface area contributed by atoms with E-state index in [1.54, 1.807) is 0 Å². The van der Waals surface area contributed by atoms with Gasteiger partial charge >= 0.3 is 0 Å². The summed E-state index contributed by atoms with van der Waals surface area (Å²) in [6, 6.07) is -0.0570. The number of hydrogen-bond donors (Lipinski definition) is 1. The van der Waals surface area contributed by atoms with Gasteiger partial charge < -0.3 is 19.7 Å². The molecule has 2 saturated heterocycles. The molecule has 0 saturated carbocycles. The molecule has 1 atom stereocenters. The molecule has 1 aromatic rings. The van der Waals surface area contributed by atoms with E-state index in [9.17, 15) is 4.79 Å². The van der Waals surface area contributed by atoms with Crippen molar-refractivity contribution in [3.05, 3.63) is 24.3 Å². The zero-order valence-electron chi connectivity index (χ0n) is 18.0. The lowest BCUT2D eigenvalue weighted by atomic mass is 10.2. The van der Waals surface area contributed by atoms with Gasteiger partial charge in [-0.2, -0.15) is 0 Å². The summed E-state index contributed by atoms with van der Waals surface area (Å²) in [5, 5.41) is 11.6. The third-order valence-electron chi connectivity index (χ3n) is 5.89. The van der Waals surface area contributed by atoms with Crippen molar-refractivity contribution >= 4 is 11.9 Å². The van der Waals surface area contributed by atoms with Crippen LogP contribution in [0.4, 0.5) is 0 Å². The molecule has 2 aliphatic heterocycles. The maximum Gasteiger partial charge on any atom is 0.239 e. The molecule has 29 heavy (non-hydrogen) atoms. The van der Waals surface area contributed by atoms with E-state index in [4.69, 9.17) is 4.99 Å². The van der Waals surface area contributed by atoms with Crippen LogP contribution in [0.3, 0.4) is 0 Å². The average Bonchev–Trinajstić information content (AvgIpc) is 3.39. The van der Waals surface area contributed by atoms with Gasteiger partial charge in [-0.25, -0.2) is 4.99 Å². The second-order valence-electron chi connectivity index (χ2n) is 7.76. The topological polar surface area (TPSA) is 81.9 Å². The molecule has 0 radical (unpaired) electrons. The number of likely N-dealkylation sites (tertiary alicyclic amines) is 1. The summed E-state index contributed by atoms with van der Waals surface area (Å²) in [6.45, 7) is 14.1. The Morgan fingerprint density at radius 3 is 2.45 bits per heavy atom. The van der Waals surface area contributed by atoms with Crippen LogP contribution in [0, 0.1) is 6.92 Å². The van der Waals surface area contributed by atoms with Gasteiger partial charge in [-0.3, -0.25) is 9.69 Å². The number of carbonyl (C=O) groups is 1. The van der Waals surface area contributed by atoms with Crippen molar-refractivity contribution in [3.8, 4) is 0 Å². The van der Waals surface area contributed by atoms with Gasteiger partial charge in [-0.15, -0.1) is 16.8 Å². The van der Waals surface area contributed by atoms with Gasteiger partial charge in [0.1, 0.15) is 12.4 Å². The highest BCUT2D eigenvalue weighted by molar-refractivity contribution is 5.82. The minimum absolute atomic E-state index is 0.0570. The van der Waals surface area contributed by atoms with Gasteiger partial charge in [0.2, 0.25) is 5.91 Å². The van der Waals surface area contributed by atoms with Crippen molar-refractivity contribution in [2.45, 2.75) is 39.3 Å². The number of nitrogens with zero attached hydrogens (tertiary/aromatic N) is 7. The van der Waals surface area contributed by atoms with Crippen molar-refractivity contribution in [1.29, 1.82) is 0 Å². The third-order valence-corrected chi connectivity index (χ3v) is 5.89. The lowest BCUT2D eigenvalue weighted by Crippen LogP contribution is -2.57. The Bertz CT molecular complexity index is 729. The van der Waals surface area contributed by atoms with E-state index < -0.39 is 0 Å². The molecule has 160 valence electrons. The largest absolute Gasteiger partial charge is 0.353 e. The van der Waals surface area contributed by atoms with Crippen LogP contribution in [0.2, 0.25) is 0 Å². The number of guanidine groups is 1. The molecule has 3 heterocycles. The lowest BCUT2D eigenvalue weighted by Gasteiger charge is -2.39. The normalized spacial score (nSPS) is 19.5. The third kappa shape index (κ3) is 5.14. The minimum Gasteiger partial charge on any atom is -0.353 e. The molecule has 0 aromatic carbocycles. The smallest absolute Gasteiger partial charge is 0.239 e. The quantitative estimate of drug-likeness (QED) is 0.421. The van der Waals surface area contributed by atoms with Crippen molar-refractivity contribution in [2.24, 2.45) is 12.0 Å². The first-order valence-corrected chi connectivity index (χ1v) is 10.5. The number of amides is 1. The Morgan fingerprint density at radius 1 is 1.17 bits per heavy atom. The fourth-order valence-electron chi connectivity index (χ4n) is 3.84. The van der Waals surface area contributed by atoms with Crippen LogP contribution in [-0.4, -0.2) is 93.2 Å². The molecular formula is C20H34N8O. The monoisotopic (exact) mass is 402 g/mol. The maximum atomic E-state index is 12.7. The maximum absolute atomic E-state index is 12.7.